The number of amides is 1. The number of ether oxygens (including phenoxy) is 1. The van der Waals surface area contributed by atoms with Gasteiger partial charge in [0, 0.05) is 0 Å². The molecule has 0 radical (unpaired) electrons. The van der Waals surface area contributed by atoms with Gasteiger partial charge in [-0.3, -0.25) is 0 Å². The molecule has 3 heterocycles. The summed E-state index contributed by atoms with van der Waals surface area (Å²) >= 11 is -0.826. The number of carbonyl (C=O) groups excluding carboxylic acids is 2. The summed E-state index contributed by atoms with van der Waals surface area (Å²) < 4.78 is 31.1. The van der Waals surface area contributed by atoms with Crippen molar-refractivity contribution in [1.82, 2.24) is 14.4 Å². The maximum absolute atomic E-state index is 14.2. The molecule has 186 valence electrons. The van der Waals surface area contributed by atoms with Crippen molar-refractivity contribution in [1.29, 1.82) is 0 Å². The topological polar surface area (TPSA) is 75.0 Å². The van der Waals surface area contributed by atoms with Crippen molar-refractivity contribution in [3.05, 3.63) is 70.7 Å². The number of rotatable bonds is 7. The monoisotopic (exact) mass is 592 g/mol. The molecule has 0 unspecified atom stereocenters. The van der Waals surface area contributed by atoms with Crippen molar-refractivity contribution in [2.45, 2.75) is 29.9 Å². The third kappa shape index (κ3) is 4.68. The molecule has 1 N–H and O–H groups in total. The van der Waals surface area contributed by atoms with Gasteiger partial charge in [0.05, 0.1) is 12.7 Å². The molecule has 0 aliphatic carbocycles. The predicted octanol–water partition coefficient (Wildman–Crippen LogP) is 0.0318. The molecule has 2 aliphatic rings. The number of carbonyl (C=O) groups is 2. The fraction of sp³-hybridized carbons (Fsp3) is 0.385. The molecule has 7 nitrogen and oxygen atoms in total. The summed E-state index contributed by atoms with van der Waals surface area (Å²) in [6.45, 7) is 3.46. The van der Waals surface area contributed by atoms with E-state index in [1.807, 2.05) is 17.0 Å². The van der Waals surface area contributed by atoms with E-state index in [2.05, 4.69) is 9.47 Å². The van der Waals surface area contributed by atoms with E-state index in [-0.39, 0.29) is 21.7 Å². The van der Waals surface area contributed by atoms with Crippen molar-refractivity contribution < 1.29 is 43.8 Å². The van der Waals surface area contributed by atoms with Gasteiger partial charge in [-0.1, -0.05) is 0 Å². The molecular weight excluding hydrogens is 564 g/mol. The molecule has 1 fully saturated rings. The summed E-state index contributed by atoms with van der Waals surface area (Å²) in [5.41, 5.74) is 3.79. The Kier molecular flexibility index (Phi) is 7.08. The van der Waals surface area contributed by atoms with Crippen molar-refractivity contribution in [3.63, 3.8) is 0 Å². The fourth-order valence-electron chi connectivity index (χ4n) is 5.22. The number of fused-ring (bicyclic) bond motifs is 3. The molecule has 0 spiro atoms. The molecule has 0 saturated carbocycles. The van der Waals surface area contributed by atoms with Gasteiger partial charge >= 0.3 is 180 Å². The quantitative estimate of drug-likeness (QED) is 0.182. The van der Waals surface area contributed by atoms with Crippen LogP contribution in [0.4, 0.5) is 4.39 Å². The first-order valence-electron chi connectivity index (χ1n) is 11.8. The van der Waals surface area contributed by atoms with E-state index in [1.54, 1.807) is 18.2 Å². The van der Waals surface area contributed by atoms with Gasteiger partial charge in [-0.05, 0) is 12.1 Å². The van der Waals surface area contributed by atoms with Crippen LogP contribution in [0, 0.1) is 5.82 Å². The van der Waals surface area contributed by atoms with Crippen LogP contribution in [0.3, 0.4) is 0 Å². The zero-order valence-corrected chi connectivity index (χ0v) is 21.7. The zero-order chi connectivity index (χ0) is 24.5. The van der Waals surface area contributed by atoms with E-state index in [0.29, 0.717) is 42.6 Å². The Hall–Kier alpha value is -2.50. The second kappa shape index (κ2) is 10.2. The molecule has 0 bridgehead atoms. The summed E-state index contributed by atoms with van der Waals surface area (Å²) in [5, 5.41) is 0.640. The van der Waals surface area contributed by atoms with Crippen molar-refractivity contribution in [3.8, 4) is 0 Å². The number of nitrogens with zero attached hydrogens (tertiary/aromatic N) is 3. The minimum absolute atomic E-state index is 0.0592. The van der Waals surface area contributed by atoms with E-state index in [9.17, 15) is 17.4 Å². The number of methoxy groups -OCH3 is 1. The number of hydrogen-bond acceptors (Lipinski definition) is 5. The van der Waals surface area contributed by atoms with Crippen molar-refractivity contribution >= 4 is 22.8 Å². The summed E-state index contributed by atoms with van der Waals surface area (Å²) in [6, 6.07) is 11.8. The first kappa shape index (κ1) is 24.2. The predicted molar refractivity (Wildman–Crippen MR) is 125 cm³/mol. The molecule has 2 aliphatic heterocycles. The van der Waals surface area contributed by atoms with E-state index in [1.165, 1.54) is 19.2 Å². The second-order valence-electron chi connectivity index (χ2n) is 9.01. The van der Waals surface area contributed by atoms with Gasteiger partial charge in [0.25, 0.3) is 0 Å². The number of likely N-dealkylation sites (tertiary alicyclic amines) is 1. The fourth-order valence-corrected chi connectivity index (χ4v) is 6.84. The van der Waals surface area contributed by atoms with Crippen LogP contribution in [0.1, 0.15) is 44.8 Å². The Labute approximate surface area is 214 Å². The molecule has 1 amide bonds. The van der Waals surface area contributed by atoms with E-state index >= 15 is 0 Å². The number of hydrogen-bond donors (Lipinski definition) is 1. The summed E-state index contributed by atoms with van der Waals surface area (Å²) in [4.78, 5) is 29.5. The number of alkyl halides is 1. The van der Waals surface area contributed by atoms with Crippen molar-refractivity contribution in [2.75, 3.05) is 33.3 Å². The van der Waals surface area contributed by atoms with Crippen molar-refractivity contribution in [2.24, 2.45) is 0 Å². The summed E-state index contributed by atoms with van der Waals surface area (Å²) in [6.07, 6.45) is 2.82. The van der Waals surface area contributed by atoms with Crippen LogP contribution in [-0.2, 0) is 17.7 Å². The van der Waals surface area contributed by atoms with Gasteiger partial charge in [-0.2, -0.15) is 0 Å². The second-order valence-corrected chi connectivity index (χ2v) is 11.0. The SMILES string of the molecule is COC(=O)c1ccc(Cn2c3c(c4cc(F)ccc42)C(=O)N(CCN2CCC[C@@H]2[I-]O)CC3)cc1. The minimum Gasteiger partial charge on any atom is -0.0473 e. The Bertz CT molecular complexity index is 1260. The van der Waals surface area contributed by atoms with Crippen LogP contribution in [0.2, 0.25) is 0 Å². The Morgan fingerprint density at radius 3 is 2.71 bits per heavy atom. The maximum atomic E-state index is 14.2. The standard InChI is InChI=1S/C26H28FIN3O4/c1-35-26(33)18-6-4-17(5-7-18)16-31-21-9-8-19(27)15-20(21)24-22(31)10-12-30(25(24)32)14-13-29-11-2-3-23(29)28-34/h4-9,15,23,34H,2-3,10-14,16H2,1H3/q-1/t23-/m1/s1. The molecule has 1 saturated heterocycles. The molecule has 9 heteroatoms. The third-order valence-electron chi connectivity index (χ3n) is 7.02. The zero-order valence-electron chi connectivity index (χ0n) is 19.5. The average Bonchev–Trinajstić information content (AvgIpc) is 3.46. The Balaban J connectivity index is 1.43. The van der Waals surface area contributed by atoms with Gasteiger partial charge < -0.3 is 4.74 Å². The smallest absolute Gasteiger partial charge is 0.0473 e. The van der Waals surface area contributed by atoms with Gasteiger partial charge in [0.2, 0.25) is 0 Å². The number of halogens is 2. The van der Waals surface area contributed by atoms with E-state index in [4.69, 9.17) is 4.74 Å². The van der Waals surface area contributed by atoms with Crippen LogP contribution in [0.15, 0.2) is 42.5 Å². The minimum atomic E-state index is -0.826. The Morgan fingerprint density at radius 2 is 1.97 bits per heavy atom. The molecular formula is C26H28FIN3O4-. The van der Waals surface area contributed by atoms with E-state index in [0.717, 1.165) is 42.7 Å². The van der Waals surface area contributed by atoms with Gasteiger partial charge in [-0.25, -0.2) is 4.79 Å². The van der Waals surface area contributed by atoms with Gasteiger partial charge in [-0.15, -0.1) is 0 Å². The van der Waals surface area contributed by atoms with Crippen LogP contribution < -0.4 is 21.6 Å². The summed E-state index contributed by atoms with van der Waals surface area (Å²) in [7, 11) is 1.35. The summed E-state index contributed by atoms with van der Waals surface area (Å²) in [5.74, 6) is -0.810. The number of benzene rings is 2. The van der Waals surface area contributed by atoms with Crippen LogP contribution in [-0.4, -0.2) is 67.0 Å². The first-order chi connectivity index (χ1) is 17.0. The molecule has 5 rings (SSSR count). The Morgan fingerprint density at radius 1 is 1.17 bits per heavy atom. The third-order valence-corrected chi connectivity index (χ3v) is 9.08. The van der Waals surface area contributed by atoms with E-state index < -0.39 is 21.6 Å². The molecule has 2 aromatic carbocycles. The molecule has 1 aromatic heterocycles. The molecule has 1 atom stereocenters. The average molecular weight is 592 g/mol. The molecule has 3 aromatic rings. The number of esters is 1. The first-order valence-corrected chi connectivity index (χ1v) is 14.0. The normalized spacial score (nSPS) is 18.4. The molecule has 35 heavy (non-hydrogen) atoms. The van der Waals surface area contributed by atoms with Gasteiger partial charge in [0.1, 0.15) is 0 Å². The van der Waals surface area contributed by atoms with Crippen LogP contribution >= 0.6 is 0 Å². The number of aromatic nitrogens is 1. The van der Waals surface area contributed by atoms with Crippen LogP contribution in [0.25, 0.3) is 10.9 Å². The van der Waals surface area contributed by atoms with Crippen LogP contribution in [0.5, 0.6) is 0 Å². The van der Waals surface area contributed by atoms with Gasteiger partial charge in [0.15, 0.2) is 0 Å².